The van der Waals surface area contributed by atoms with Gasteiger partial charge in [-0.1, -0.05) is 17.7 Å². The van der Waals surface area contributed by atoms with Gasteiger partial charge >= 0.3 is 0 Å². The fourth-order valence-electron chi connectivity index (χ4n) is 2.18. The van der Waals surface area contributed by atoms with E-state index in [0.29, 0.717) is 10.0 Å². The van der Waals surface area contributed by atoms with E-state index >= 15 is 0 Å². The highest BCUT2D eigenvalue weighted by Crippen LogP contribution is 2.34. The zero-order chi connectivity index (χ0) is 14.2. The van der Waals surface area contributed by atoms with Gasteiger partial charge in [0.15, 0.2) is 0 Å². The van der Waals surface area contributed by atoms with Gasteiger partial charge in [-0.15, -0.1) is 0 Å². The van der Waals surface area contributed by atoms with Gasteiger partial charge in [-0.3, -0.25) is 0 Å². The molecule has 0 fully saturated rings. The number of halogens is 3. The zero-order valence-corrected chi connectivity index (χ0v) is 13.2. The minimum Gasteiger partial charge on any atom is -0.466 e. The van der Waals surface area contributed by atoms with Crippen LogP contribution < -0.4 is 5.32 Å². The maximum atomic E-state index is 14.3. The summed E-state index contributed by atoms with van der Waals surface area (Å²) in [6, 6.07) is 5.08. The summed E-state index contributed by atoms with van der Waals surface area (Å²) in [4.78, 5) is 0. The number of hydrogen-bond donors (Lipinski definition) is 1. The second-order valence-corrected chi connectivity index (χ2v) is 5.59. The quantitative estimate of drug-likeness (QED) is 0.811. The lowest BCUT2D eigenvalue weighted by Crippen LogP contribution is -2.19. The Morgan fingerprint density at radius 1 is 1.32 bits per heavy atom. The summed E-state index contributed by atoms with van der Waals surface area (Å²) in [5.74, 6) is 1.15. The van der Waals surface area contributed by atoms with Crippen LogP contribution >= 0.6 is 27.5 Å². The summed E-state index contributed by atoms with van der Waals surface area (Å²) in [6.45, 7) is 3.74. The summed E-state index contributed by atoms with van der Waals surface area (Å²) in [5.41, 5.74) is 1.41. The van der Waals surface area contributed by atoms with Crippen LogP contribution in [-0.2, 0) is 0 Å². The first-order chi connectivity index (χ1) is 8.95. The molecule has 0 saturated carbocycles. The highest BCUT2D eigenvalue weighted by atomic mass is 79.9. The van der Waals surface area contributed by atoms with Crippen LogP contribution in [0.1, 0.15) is 28.7 Å². The number of furan rings is 1. The Morgan fingerprint density at radius 2 is 2.00 bits per heavy atom. The first-order valence-corrected chi connectivity index (χ1v) is 7.00. The van der Waals surface area contributed by atoms with Crippen molar-refractivity contribution in [1.82, 2.24) is 5.32 Å². The van der Waals surface area contributed by atoms with Gasteiger partial charge in [0.25, 0.3) is 0 Å². The molecule has 1 atom stereocenters. The fourth-order valence-corrected chi connectivity index (χ4v) is 2.66. The molecule has 2 nitrogen and oxygen atoms in total. The third kappa shape index (κ3) is 2.71. The molecule has 19 heavy (non-hydrogen) atoms. The number of nitrogens with one attached hydrogen (secondary N) is 1. The maximum absolute atomic E-state index is 14.3. The van der Waals surface area contributed by atoms with Gasteiger partial charge in [-0.25, -0.2) is 4.39 Å². The topological polar surface area (TPSA) is 25.2 Å². The largest absolute Gasteiger partial charge is 0.466 e. The van der Waals surface area contributed by atoms with Crippen LogP contribution in [0.3, 0.4) is 0 Å². The molecular weight excluding hydrogens is 333 g/mol. The molecule has 5 heteroatoms. The summed E-state index contributed by atoms with van der Waals surface area (Å²) in [7, 11) is 1.78. The molecule has 1 unspecified atom stereocenters. The van der Waals surface area contributed by atoms with E-state index in [1.165, 1.54) is 0 Å². The zero-order valence-electron chi connectivity index (χ0n) is 10.9. The predicted molar refractivity (Wildman–Crippen MR) is 78.2 cm³/mol. The molecule has 2 rings (SSSR count). The van der Waals surface area contributed by atoms with E-state index in [4.69, 9.17) is 16.0 Å². The molecule has 1 heterocycles. The van der Waals surface area contributed by atoms with Crippen molar-refractivity contribution in [2.75, 3.05) is 7.05 Å². The Balaban J connectivity index is 2.54. The Morgan fingerprint density at radius 3 is 2.53 bits per heavy atom. The molecule has 0 bridgehead atoms. The molecule has 1 aromatic carbocycles. The van der Waals surface area contributed by atoms with Gasteiger partial charge in [-0.05, 0) is 49.0 Å². The Bertz CT molecular complexity index is 612. The highest BCUT2D eigenvalue weighted by molar-refractivity contribution is 9.10. The first-order valence-electron chi connectivity index (χ1n) is 5.83. The van der Waals surface area contributed by atoms with Crippen LogP contribution in [0, 0.1) is 19.7 Å². The van der Waals surface area contributed by atoms with Crippen LogP contribution in [0.15, 0.2) is 27.1 Å². The van der Waals surface area contributed by atoms with Gasteiger partial charge in [0, 0.05) is 15.6 Å². The average molecular weight is 347 g/mol. The summed E-state index contributed by atoms with van der Waals surface area (Å²) in [5, 5.41) is 3.20. The normalized spacial score (nSPS) is 12.7. The second-order valence-electron chi connectivity index (χ2n) is 4.35. The van der Waals surface area contributed by atoms with Gasteiger partial charge in [-0.2, -0.15) is 0 Å². The molecule has 1 N–H and O–H groups in total. The fraction of sp³-hybridized carbons (Fsp3) is 0.286. The highest BCUT2D eigenvalue weighted by Gasteiger charge is 2.22. The summed E-state index contributed by atoms with van der Waals surface area (Å²) < 4.78 is 20.3. The molecule has 0 aliphatic heterocycles. The lowest BCUT2D eigenvalue weighted by molar-refractivity contribution is 0.495. The van der Waals surface area contributed by atoms with Crippen molar-refractivity contribution in [3.8, 4) is 0 Å². The molecule has 0 saturated heterocycles. The Kier molecular flexibility index (Phi) is 4.33. The van der Waals surface area contributed by atoms with E-state index in [-0.39, 0.29) is 11.1 Å². The standard InChI is InChI=1S/C14H14BrClFNO/c1-7-6-10(8(2)19-7)14(18-3)9-4-5-11(15)12(16)13(9)17/h4-6,14,18H,1-3H3. The van der Waals surface area contributed by atoms with Crippen LogP contribution in [0.5, 0.6) is 0 Å². The van der Waals surface area contributed by atoms with E-state index in [0.717, 1.165) is 17.1 Å². The second kappa shape index (κ2) is 5.65. The molecule has 102 valence electrons. The summed E-state index contributed by atoms with van der Waals surface area (Å²) >= 11 is 9.16. The number of benzene rings is 1. The van der Waals surface area contributed by atoms with Crippen LogP contribution in [0.25, 0.3) is 0 Å². The van der Waals surface area contributed by atoms with Crippen molar-refractivity contribution in [3.63, 3.8) is 0 Å². The lowest BCUT2D eigenvalue weighted by Gasteiger charge is -2.17. The molecule has 0 amide bonds. The van der Waals surface area contributed by atoms with E-state index in [1.807, 2.05) is 19.9 Å². The van der Waals surface area contributed by atoms with Crippen molar-refractivity contribution in [3.05, 3.63) is 56.2 Å². The number of aryl methyl sites for hydroxylation is 2. The maximum Gasteiger partial charge on any atom is 0.148 e. The van der Waals surface area contributed by atoms with Crippen molar-refractivity contribution < 1.29 is 8.81 Å². The summed E-state index contributed by atoms with van der Waals surface area (Å²) in [6.07, 6.45) is 0. The third-order valence-corrected chi connectivity index (χ3v) is 4.31. The van der Waals surface area contributed by atoms with Crippen molar-refractivity contribution in [2.45, 2.75) is 19.9 Å². The van der Waals surface area contributed by atoms with Gasteiger partial charge < -0.3 is 9.73 Å². The Hall–Kier alpha value is -0.840. The molecule has 0 spiro atoms. The van der Waals surface area contributed by atoms with Crippen molar-refractivity contribution in [2.24, 2.45) is 0 Å². The van der Waals surface area contributed by atoms with E-state index in [2.05, 4.69) is 21.2 Å². The predicted octanol–water partition coefficient (Wildman–Crippen LogP) is 4.76. The average Bonchev–Trinajstić information content (AvgIpc) is 2.69. The third-order valence-electron chi connectivity index (χ3n) is 3.06. The molecule has 0 aliphatic rings. The Labute approximate surface area is 125 Å². The van der Waals surface area contributed by atoms with Gasteiger partial charge in [0.05, 0.1) is 11.1 Å². The first kappa shape index (κ1) is 14.6. The lowest BCUT2D eigenvalue weighted by atomic mass is 9.98. The van der Waals surface area contributed by atoms with Crippen LogP contribution in [-0.4, -0.2) is 7.05 Å². The molecular formula is C14H14BrClFNO. The van der Waals surface area contributed by atoms with Crippen molar-refractivity contribution in [1.29, 1.82) is 0 Å². The monoisotopic (exact) mass is 345 g/mol. The minimum absolute atomic E-state index is 0.0932. The minimum atomic E-state index is -0.423. The van der Waals surface area contributed by atoms with E-state index in [1.54, 1.807) is 19.2 Å². The van der Waals surface area contributed by atoms with Gasteiger partial charge in [0.1, 0.15) is 17.3 Å². The molecule has 2 aromatic rings. The van der Waals surface area contributed by atoms with E-state index in [9.17, 15) is 4.39 Å². The number of hydrogen-bond acceptors (Lipinski definition) is 2. The molecule has 0 aliphatic carbocycles. The van der Waals surface area contributed by atoms with Crippen molar-refractivity contribution >= 4 is 27.5 Å². The number of rotatable bonds is 3. The van der Waals surface area contributed by atoms with Crippen LogP contribution in [0.2, 0.25) is 5.02 Å². The van der Waals surface area contributed by atoms with Crippen LogP contribution in [0.4, 0.5) is 4.39 Å². The molecule has 0 radical (unpaired) electrons. The smallest absolute Gasteiger partial charge is 0.148 e. The van der Waals surface area contributed by atoms with E-state index < -0.39 is 5.82 Å². The molecule has 1 aromatic heterocycles. The SMILES string of the molecule is CNC(c1cc(C)oc1C)c1ccc(Br)c(Cl)c1F. The van der Waals surface area contributed by atoms with Gasteiger partial charge in [0.2, 0.25) is 0 Å².